The molecule has 0 unspecified atom stereocenters. The summed E-state index contributed by atoms with van der Waals surface area (Å²) in [6.07, 6.45) is 0. The second-order valence-corrected chi connectivity index (χ2v) is 4.98. The summed E-state index contributed by atoms with van der Waals surface area (Å²) in [6.45, 7) is 0.216. The molecule has 0 aromatic heterocycles. The van der Waals surface area contributed by atoms with Crippen LogP contribution in [0.15, 0.2) is 30.3 Å². The van der Waals surface area contributed by atoms with Crippen molar-refractivity contribution < 1.29 is 9.63 Å². The van der Waals surface area contributed by atoms with Gasteiger partial charge in [0.2, 0.25) is 0 Å². The van der Waals surface area contributed by atoms with Gasteiger partial charge in [-0.2, -0.15) is 0 Å². The molecule has 15 heavy (non-hydrogen) atoms. The van der Waals surface area contributed by atoms with Crippen molar-refractivity contribution in [3.63, 3.8) is 0 Å². The minimum Gasteiger partial charge on any atom is -0.269 e. The Morgan fingerprint density at radius 2 is 1.87 bits per heavy atom. The monoisotopic (exact) mass is 267 g/mol. The highest BCUT2D eigenvalue weighted by Crippen LogP contribution is 2.25. The molecular weight excluding hydrogens is 260 g/mol. The molecule has 3 nitrogen and oxygen atoms in total. The fourth-order valence-corrected chi connectivity index (χ4v) is 0.933. The van der Waals surface area contributed by atoms with Crippen molar-refractivity contribution in [1.29, 1.82) is 0 Å². The minimum absolute atomic E-state index is 0.216. The summed E-state index contributed by atoms with van der Waals surface area (Å²) in [5.74, 6) is -0.816. The van der Waals surface area contributed by atoms with Crippen molar-refractivity contribution in [3.05, 3.63) is 35.9 Å². The summed E-state index contributed by atoms with van der Waals surface area (Å²) in [4.78, 5) is 15.9. The highest BCUT2D eigenvalue weighted by Gasteiger charge is 2.30. The molecule has 0 atom stereocenters. The molecule has 1 rings (SSSR count). The topological polar surface area (TPSA) is 38.3 Å². The maximum atomic E-state index is 11.0. The molecule has 0 spiro atoms. The van der Waals surface area contributed by atoms with Gasteiger partial charge in [-0.3, -0.25) is 9.63 Å². The lowest BCUT2D eigenvalue weighted by Crippen LogP contribution is -2.34. The van der Waals surface area contributed by atoms with E-state index in [0.29, 0.717) is 0 Å². The minimum atomic E-state index is -2.00. The molecule has 6 heteroatoms. The largest absolute Gasteiger partial charge is 0.295 e. The lowest BCUT2D eigenvalue weighted by Gasteiger charge is -2.10. The van der Waals surface area contributed by atoms with E-state index in [0.717, 1.165) is 5.56 Å². The number of nitrogens with one attached hydrogen (secondary N) is 1. The Hall–Kier alpha value is -0.480. The third-order valence-electron chi connectivity index (χ3n) is 1.50. The molecule has 1 N–H and O–H groups in total. The van der Waals surface area contributed by atoms with E-state index < -0.39 is 9.70 Å². The van der Waals surface area contributed by atoms with Crippen LogP contribution in [0.4, 0.5) is 0 Å². The Labute approximate surface area is 102 Å². The van der Waals surface area contributed by atoms with Gasteiger partial charge in [0.25, 0.3) is 9.70 Å². The van der Waals surface area contributed by atoms with E-state index in [2.05, 4.69) is 0 Å². The number of hydroxylamine groups is 1. The number of hydrogen-bond acceptors (Lipinski definition) is 2. The van der Waals surface area contributed by atoms with Gasteiger partial charge in [0, 0.05) is 0 Å². The first-order chi connectivity index (χ1) is 7.00. The summed E-state index contributed by atoms with van der Waals surface area (Å²) in [7, 11) is 0. The van der Waals surface area contributed by atoms with Gasteiger partial charge in [-0.15, -0.1) is 0 Å². The van der Waals surface area contributed by atoms with Crippen molar-refractivity contribution in [1.82, 2.24) is 5.48 Å². The number of halogens is 3. The number of alkyl halides is 3. The van der Waals surface area contributed by atoms with Gasteiger partial charge in [-0.25, -0.2) is 5.48 Å². The molecule has 0 bridgehead atoms. The van der Waals surface area contributed by atoms with Crippen LogP contribution in [0.25, 0.3) is 0 Å². The smallest absolute Gasteiger partial charge is 0.269 e. The standard InChI is InChI=1S/C9H8Cl3NO2/c10-9(11,12)8(14)13-15-6-7-4-2-1-3-5-7/h1-5H,6H2,(H,13,14). The maximum Gasteiger partial charge on any atom is 0.295 e. The molecule has 1 aromatic rings. The van der Waals surface area contributed by atoms with E-state index in [1.165, 1.54) is 0 Å². The molecular formula is C9H8Cl3NO2. The number of hydrogen-bond donors (Lipinski definition) is 1. The van der Waals surface area contributed by atoms with Crippen LogP contribution in [0.2, 0.25) is 0 Å². The molecule has 0 saturated heterocycles. The van der Waals surface area contributed by atoms with E-state index >= 15 is 0 Å². The number of rotatable bonds is 3. The number of carbonyl (C=O) groups excluding carboxylic acids is 1. The highest BCUT2D eigenvalue weighted by molar-refractivity contribution is 6.76. The van der Waals surface area contributed by atoms with E-state index in [-0.39, 0.29) is 6.61 Å². The van der Waals surface area contributed by atoms with Crippen LogP contribution >= 0.6 is 34.8 Å². The normalized spacial score (nSPS) is 11.1. The Kier molecular flexibility index (Phi) is 4.67. The van der Waals surface area contributed by atoms with Crippen molar-refractivity contribution in [3.8, 4) is 0 Å². The molecule has 0 aliphatic heterocycles. The Morgan fingerprint density at radius 1 is 1.27 bits per heavy atom. The predicted molar refractivity (Wildman–Crippen MR) is 59.7 cm³/mol. The van der Waals surface area contributed by atoms with E-state index in [9.17, 15) is 4.79 Å². The summed E-state index contributed by atoms with van der Waals surface area (Å²) >= 11 is 15.9. The quantitative estimate of drug-likeness (QED) is 0.676. The summed E-state index contributed by atoms with van der Waals surface area (Å²) in [5, 5.41) is 0. The summed E-state index contributed by atoms with van der Waals surface area (Å²) in [5.41, 5.74) is 2.94. The van der Waals surface area contributed by atoms with Crippen LogP contribution in [0.5, 0.6) is 0 Å². The molecule has 1 aromatic carbocycles. The first-order valence-corrected chi connectivity index (χ1v) is 5.16. The van der Waals surface area contributed by atoms with Crippen LogP contribution in [0, 0.1) is 0 Å². The van der Waals surface area contributed by atoms with Gasteiger partial charge in [0.05, 0.1) is 6.61 Å². The van der Waals surface area contributed by atoms with Crippen LogP contribution < -0.4 is 5.48 Å². The summed E-state index contributed by atoms with van der Waals surface area (Å²) in [6, 6.07) is 9.29. The fraction of sp³-hybridized carbons (Fsp3) is 0.222. The zero-order valence-corrected chi connectivity index (χ0v) is 9.81. The van der Waals surface area contributed by atoms with Gasteiger partial charge < -0.3 is 0 Å². The molecule has 82 valence electrons. The molecule has 0 heterocycles. The van der Waals surface area contributed by atoms with E-state index in [4.69, 9.17) is 39.6 Å². The highest BCUT2D eigenvalue weighted by atomic mass is 35.6. The summed E-state index contributed by atoms with van der Waals surface area (Å²) < 4.78 is -2.00. The molecule has 0 saturated carbocycles. The van der Waals surface area contributed by atoms with Gasteiger partial charge in [0.1, 0.15) is 0 Å². The van der Waals surface area contributed by atoms with Gasteiger partial charge in [-0.1, -0.05) is 65.1 Å². The fourth-order valence-electron chi connectivity index (χ4n) is 0.817. The zero-order valence-electron chi connectivity index (χ0n) is 7.54. The van der Waals surface area contributed by atoms with Gasteiger partial charge in [-0.05, 0) is 5.56 Å². The number of benzene rings is 1. The first-order valence-electron chi connectivity index (χ1n) is 4.03. The van der Waals surface area contributed by atoms with Crippen LogP contribution in [-0.2, 0) is 16.2 Å². The second kappa shape index (κ2) is 5.56. The first kappa shape index (κ1) is 12.6. The molecule has 0 aliphatic carbocycles. The average Bonchev–Trinajstić information content (AvgIpc) is 2.18. The predicted octanol–water partition coefficient (Wildman–Crippen LogP) is 2.60. The van der Waals surface area contributed by atoms with E-state index in [1.54, 1.807) is 0 Å². The molecule has 0 radical (unpaired) electrons. The van der Waals surface area contributed by atoms with Crippen molar-refractivity contribution in [2.75, 3.05) is 0 Å². The SMILES string of the molecule is O=C(NOCc1ccccc1)C(Cl)(Cl)Cl. The third kappa shape index (κ3) is 4.71. The zero-order chi connectivity index (χ0) is 11.3. The number of carbonyl (C=O) groups is 1. The Morgan fingerprint density at radius 3 is 2.40 bits per heavy atom. The number of amides is 1. The molecule has 0 aliphatic rings. The van der Waals surface area contributed by atoms with Crippen LogP contribution in [0.3, 0.4) is 0 Å². The van der Waals surface area contributed by atoms with Gasteiger partial charge in [0.15, 0.2) is 0 Å². The van der Waals surface area contributed by atoms with Crippen molar-refractivity contribution >= 4 is 40.7 Å². The third-order valence-corrected chi connectivity index (χ3v) is 2.02. The van der Waals surface area contributed by atoms with Crippen LogP contribution in [-0.4, -0.2) is 9.70 Å². The van der Waals surface area contributed by atoms with Crippen molar-refractivity contribution in [2.45, 2.75) is 10.4 Å². The molecule has 0 fully saturated rings. The second-order valence-electron chi connectivity index (χ2n) is 2.70. The Balaban J connectivity index is 2.32. The van der Waals surface area contributed by atoms with E-state index in [1.807, 2.05) is 35.8 Å². The van der Waals surface area contributed by atoms with Crippen LogP contribution in [0.1, 0.15) is 5.56 Å². The van der Waals surface area contributed by atoms with Gasteiger partial charge >= 0.3 is 0 Å². The lowest BCUT2D eigenvalue weighted by molar-refractivity contribution is -0.133. The molecule has 1 amide bonds. The Bertz CT molecular complexity index is 324. The maximum absolute atomic E-state index is 11.0. The lowest BCUT2D eigenvalue weighted by atomic mass is 10.2. The average molecular weight is 269 g/mol. The van der Waals surface area contributed by atoms with Crippen molar-refractivity contribution in [2.24, 2.45) is 0 Å².